The van der Waals surface area contributed by atoms with Crippen molar-refractivity contribution in [3.05, 3.63) is 58.1 Å². The summed E-state index contributed by atoms with van der Waals surface area (Å²) >= 11 is 3.54. The Morgan fingerprint density at radius 1 is 1.09 bits per heavy atom. The molecule has 186 valence electrons. The highest BCUT2D eigenvalue weighted by molar-refractivity contribution is 9.10. The lowest BCUT2D eigenvalue weighted by Gasteiger charge is -2.31. The molecule has 7 heteroatoms. The van der Waals surface area contributed by atoms with Gasteiger partial charge in [0.2, 0.25) is 5.91 Å². The third kappa shape index (κ3) is 8.05. The zero-order chi connectivity index (χ0) is 25.3. The van der Waals surface area contributed by atoms with Gasteiger partial charge in [-0.1, -0.05) is 52.8 Å². The van der Waals surface area contributed by atoms with E-state index in [-0.39, 0.29) is 25.0 Å². The summed E-state index contributed by atoms with van der Waals surface area (Å²) in [5.74, 6) is 1.59. The highest BCUT2D eigenvalue weighted by Crippen LogP contribution is 2.29. The van der Waals surface area contributed by atoms with E-state index in [0.29, 0.717) is 36.3 Å². The maximum atomic E-state index is 13.4. The molecule has 0 aromatic heterocycles. The zero-order valence-corrected chi connectivity index (χ0v) is 22.6. The summed E-state index contributed by atoms with van der Waals surface area (Å²) < 4.78 is 12.0. The number of carbonyl (C=O) groups is 2. The maximum Gasteiger partial charge on any atom is 0.261 e. The SMILES string of the molecule is CC[C@H](C(=O)NCC(C)C)N(Cc1cccc(OC)c1)C(=O)COc1ccc(C(C)C)cc1Br. The first kappa shape index (κ1) is 27.7. The maximum absolute atomic E-state index is 13.4. The average molecular weight is 534 g/mol. The molecule has 6 nitrogen and oxygen atoms in total. The molecule has 0 unspecified atom stereocenters. The predicted octanol–water partition coefficient (Wildman–Crippen LogP) is 5.54. The van der Waals surface area contributed by atoms with Crippen LogP contribution < -0.4 is 14.8 Å². The Labute approximate surface area is 212 Å². The predicted molar refractivity (Wildman–Crippen MR) is 139 cm³/mol. The summed E-state index contributed by atoms with van der Waals surface area (Å²) in [4.78, 5) is 28.0. The largest absolute Gasteiger partial charge is 0.497 e. The van der Waals surface area contributed by atoms with Gasteiger partial charge in [0.25, 0.3) is 5.91 Å². The molecule has 1 atom stereocenters. The molecule has 0 saturated heterocycles. The molecule has 2 amide bonds. The molecule has 2 aromatic carbocycles. The van der Waals surface area contributed by atoms with Crippen LogP contribution in [0.2, 0.25) is 0 Å². The standard InChI is InChI=1S/C27H37BrN2O4/c1-7-24(27(32)29-15-18(2)3)30(16-20-9-8-10-22(13-20)33-6)26(31)17-34-25-12-11-21(19(4)5)14-23(25)28/h8-14,18-19,24H,7,15-17H2,1-6H3,(H,29,32)/t24-/m1/s1. The van der Waals surface area contributed by atoms with Crippen molar-refractivity contribution in [3.8, 4) is 11.5 Å². The van der Waals surface area contributed by atoms with Gasteiger partial charge in [0.05, 0.1) is 11.6 Å². The number of benzene rings is 2. The minimum atomic E-state index is -0.604. The normalized spacial score (nSPS) is 11.9. The number of amides is 2. The molecule has 0 spiro atoms. The number of halogens is 1. The first-order valence-electron chi connectivity index (χ1n) is 11.8. The Kier molecular flexibility index (Phi) is 10.9. The number of carbonyl (C=O) groups excluding carboxylic acids is 2. The van der Waals surface area contributed by atoms with Crippen molar-refractivity contribution >= 4 is 27.7 Å². The van der Waals surface area contributed by atoms with Crippen LogP contribution in [0.25, 0.3) is 0 Å². The second-order valence-corrected chi connectivity index (χ2v) is 9.92. The fourth-order valence-corrected chi connectivity index (χ4v) is 4.04. The van der Waals surface area contributed by atoms with E-state index < -0.39 is 6.04 Å². The molecule has 0 heterocycles. The van der Waals surface area contributed by atoms with Crippen LogP contribution in [0.5, 0.6) is 11.5 Å². The number of rotatable bonds is 12. The minimum absolute atomic E-state index is 0.157. The Morgan fingerprint density at radius 2 is 1.82 bits per heavy atom. The lowest BCUT2D eigenvalue weighted by molar-refractivity contribution is -0.143. The Balaban J connectivity index is 2.24. The van der Waals surface area contributed by atoms with Crippen LogP contribution in [-0.4, -0.2) is 43.0 Å². The monoisotopic (exact) mass is 532 g/mol. The van der Waals surface area contributed by atoms with Crippen molar-refractivity contribution in [2.24, 2.45) is 5.92 Å². The number of ether oxygens (including phenoxy) is 2. The summed E-state index contributed by atoms with van der Waals surface area (Å²) in [7, 11) is 1.60. The number of methoxy groups -OCH3 is 1. The Bertz CT molecular complexity index is 961. The van der Waals surface area contributed by atoms with Crippen molar-refractivity contribution in [1.29, 1.82) is 0 Å². The van der Waals surface area contributed by atoms with Gasteiger partial charge in [-0.25, -0.2) is 0 Å². The van der Waals surface area contributed by atoms with Crippen LogP contribution >= 0.6 is 15.9 Å². The Hall–Kier alpha value is -2.54. The summed E-state index contributed by atoms with van der Waals surface area (Å²) in [5, 5.41) is 2.97. The first-order valence-corrected chi connectivity index (χ1v) is 12.6. The van der Waals surface area contributed by atoms with Crippen LogP contribution in [0, 0.1) is 5.92 Å². The second kappa shape index (κ2) is 13.4. The van der Waals surface area contributed by atoms with Crippen molar-refractivity contribution in [1.82, 2.24) is 10.2 Å². The molecule has 0 bridgehead atoms. The molecule has 0 saturated carbocycles. The summed E-state index contributed by atoms with van der Waals surface area (Å²) in [6, 6.07) is 12.8. The van der Waals surface area contributed by atoms with Crippen molar-refractivity contribution < 1.29 is 19.1 Å². The molecule has 0 aliphatic rings. The van der Waals surface area contributed by atoms with E-state index >= 15 is 0 Å². The van der Waals surface area contributed by atoms with E-state index in [1.165, 1.54) is 5.56 Å². The fraction of sp³-hybridized carbons (Fsp3) is 0.481. The van der Waals surface area contributed by atoms with E-state index in [9.17, 15) is 9.59 Å². The lowest BCUT2D eigenvalue weighted by Crippen LogP contribution is -2.50. The molecule has 0 aliphatic heterocycles. The third-order valence-electron chi connectivity index (χ3n) is 5.53. The van der Waals surface area contributed by atoms with Gasteiger partial charge in [0, 0.05) is 13.1 Å². The van der Waals surface area contributed by atoms with Gasteiger partial charge < -0.3 is 19.7 Å². The van der Waals surface area contributed by atoms with E-state index in [4.69, 9.17) is 9.47 Å². The summed E-state index contributed by atoms with van der Waals surface area (Å²) in [6.45, 7) is 10.9. The number of hydrogen-bond donors (Lipinski definition) is 1. The van der Waals surface area contributed by atoms with Gasteiger partial charge in [-0.3, -0.25) is 9.59 Å². The number of nitrogens with one attached hydrogen (secondary N) is 1. The van der Waals surface area contributed by atoms with E-state index in [2.05, 4.69) is 35.1 Å². The number of hydrogen-bond acceptors (Lipinski definition) is 4. The van der Waals surface area contributed by atoms with Crippen LogP contribution in [0.4, 0.5) is 0 Å². The average Bonchev–Trinajstić information content (AvgIpc) is 2.81. The quantitative estimate of drug-likeness (QED) is 0.389. The van der Waals surface area contributed by atoms with Gasteiger partial charge in [-0.2, -0.15) is 0 Å². The highest BCUT2D eigenvalue weighted by Gasteiger charge is 2.29. The molecular formula is C27H37BrN2O4. The van der Waals surface area contributed by atoms with Gasteiger partial charge in [0.15, 0.2) is 6.61 Å². The third-order valence-corrected chi connectivity index (χ3v) is 6.15. The molecular weight excluding hydrogens is 496 g/mol. The van der Waals surface area contributed by atoms with Crippen LogP contribution in [0.15, 0.2) is 46.9 Å². The lowest BCUT2D eigenvalue weighted by atomic mass is 10.0. The minimum Gasteiger partial charge on any atom is -0.497 e. The van der Waals surface area contributed by atoms with Crippen LogP contribution in [0.3, 0.4) is 0 Å². The zero-order valence-electron chi connectivity index (χ0n) is 21.1. The van der Waals surface area contributed by atoms with Gasteiger partial charge >= 0.3 is 0 Å². The first-order chi connectivity index (χ1) is 16.2. The summed E-state index contributed by atoms with van der Waals surface area (Å²) in [5.41, 5.74) is 2.06. The fourth-order valence-electron chi connectivity index (χ4n) is 3.53. The van der Waals surface area contributed by atoms with Gasteiger partial charge in [0.1, 0.15) is 17.5 Å². The Morgan fingerprint density at radius 3 is 2.41 bits per heavy atom. The molecule has 0 aliphatic carbocycles. The van der Waals surface area contributed by atoms with E-state index in [1.807, 2.05) is 63.2 Å². The summed E-state index contributed by atoms with van der Waals surface area (Å²) in [6.07, 6.45) is 0.492. The topological polar surface area (TPSA) is 67.9 Å². The van der Waals surface area contributed by atoms with E-state index in [1.54, 1.807) is 12.0 Å². The molecule has 34 heavy (non-hydrogen) atoms. The van der Waals surface area contributed by atoms with Crippen LogP contribution in [0.1, 0.15) is 58.1 Å². The van der Waals surface area contributed by atoms with E-state index in [0.717, 1.165) is 10.0 Å². The van der Waals surface area contributed by atoms with Gasteiger partial charge in [-0.05, 0) is 69.6 Å². The van der Waals surface area contributed by atoms with Crippen molar-refractivity contribution in [2.75, 3.05) is 20.3 Å². The highest BCUT2D eigenvalue weighted by atomic mass is 79.9. The molecule has 0 fully saturated rings. The van der Waals surface area contributed by atoms with Crippen molar-refractivity contribution in [2.45, 2.75) is 59.5 Å². The smallest absolute Gasteiger partial charge is 0.261 e. The second-order valence-electron chi connectivity index (χ2n) is 9.07. The van der Waals surface area contributed by atoms with Gasteiger partial charge in [-0.15, -0.1) is 0 Å². The molecule has 1 N–H and O–H groups in total. The molecule has 0 radical (unpaired) electrons. The number of nitrogens with zero attached hydrogens (tertiary/aromatic N) is 1. The molecule has 2 aromatic rings. The van der Waals surface area contributed by atoms with Crippen molar-refractivity contribution in [3.63, 3.8) is 0 Å². The molecule has 2 rings (SSSR count). The van der Waals surface area contributed by atoms with Crippen LogP contribution in [-0.2, 0) is 16.1 Å².